The summed E-state index contributed by atoms with van der Waals surface area (Å²) in [6.45, 7) is 6.96. The molecule has 0 bridgehead atoms. The number of carbonyl (C=O) groups excluding carboxylic acids is 2. The number of benzene rings is 1. The number of nitrogens with two attached hydrogens (primary N) is 1. The van der Waals surface area contributed by atoms with Crippen molar-refractivity contribution in [2.75, 3.05) is 13.7 Å². The minimum absolute atomic E-state index is 0. The molecule has 1 aromatic carbocycles. The number of nitrogens with zero attached hydrogens (tertiary/aromatic N) is 2. The lowest BCUT2D eigenvalue weighted by atomic mass is 9.98. The van der Waals surface area contributed by atoms with Crippen molar-refractivity contribution in [3.63, 3.8) is 0 Å². The van der Waals surface area contributed by atoms with Crippen molar-refractivity contribution >= 4 is 33.4 Å². The molecule has 0 radical (unpaired) electrons. The topological polar surface area (TPSA) is 177 Å². The lowest BCUT2D eigenvalue weighted by molar-refractivity contribution is -0.125. The number of hydrogen-bond acceptors (Lipinski definition) is 7. The number of aromatic nitrogens is 2. The van der Waals surface area contributed by atoms with Crippen molar-refractivity contribution in [1.29, 1.82) is 0 Å². The molecule has 0 atom stereocenters. The van der Waals surface area contributed by atoms with Gasteiger partial charge in [-0.05, 0) is 64.2 Å². The third kappa shape index (κ3) is 7.24. The van der Waals surface area contributed by atoms with E-state index in [0.29, 0.717) is 34.0 Å². The molecular formula is C29H42N4O7S. The van der Waals surface area contributed by atoms with Crippen LogP contribution < -0.4 is 27.0 Å². The van der Waals surface area contributed by atoms with Crippen molar-refractivity contribution in [2.45, 2.75) is 84.4 Å². The molecule has 11 nitrogen and oxygen atoms in total. The first-order chi connectivity index (χ1) is 18.9. The van der Waals surface area contributed by atoms with Crippen molar-refractivity contribution < 1.29 is 24.9 Å². The van der Waals surface area contributed by atoms with Gasteiger partial charge in [-0.2, -0.15) is 0 Å². The third-order valence-electron chi connectivity index (χ3n) is 7.29. The lowest BCUT2D eigenvalue weighted by Gasteiger charge is -2.24. The predicted molar refractivity (Wildman–Crippen MR) is 161 cm³/mol. The van der Waals surface area contributed by atoms with Gasteiger partial charge in [-0.15, -0.1) is 11.3 Å². The number of aliphatic hydroxyl groups is 1. The molecule has 1 saturated carbocycles. The van der Waals surface area contributed by atoms with E-state index >= 15 is 0 Å². The highest BCUT2D eigenvalue weighted by molar-refractivity contribution is 7.20. The number of rotatable bonds is 8. The first-order valence-corrected chi connectivity index (χ1v) is 14.4. The Kier molecular flexibility index (Phi) is 11.9. The van der Waals surface area contributed by atoms with E-state index in [2.05, 4.69) is 5.32 Å². The Labute approximate surface area is 243 Å². The summed E-state index contributed by atoms with van der Waals surface area (Å²) in [7, 11) is 1.57. The number of hydrogen-bond donors (Lipinski definition) is 3. The molecule has 3 aromatic rings. The number of para-hydroxylation sites is 1. The van der Waals surface area contributed by atoms with Gasteiger partial charge >= 0.3 is 5.69 Å². The molecule has 2 heterocycles. The zero-order valence-corrected chi connectivity index (χ0v) is 25.2. The molecule has 6 N–H and O–H groups in total. The van der Waals surface area contributed by atoms with Crippen LogP contribution in [0.25, 0.3) is 10.2 Å². The number of carbonyl (C=O) groups is 2. The molecule has 2 aromatic heterocycles. The Morgan fingerprint density at radius 2 is 1.80 bits per heavy atom. The van der Waals surface area contributed by atoms with Gasteiger partial charge in [0, 0.05) is 13.1 Å². The second-order valence-electron chi connectivity index (χ2n) is 10.4. The van der Waals surface area contributed by atoms with E-state index in [0.717, 1.165) is 34.3 Å². The van der Waals surface area contributed by atoms with Gasteiger partial charge in [0.15, 0.2) is 0 Å². The Morgan fingerprint density at radius 1 is 1.17 bits per heavy atom. The first kappa shape index (κ1) is 33.7. The summed E-state index contributed by atoms with van der Waals surface area (Å²) in [4.78, 5) is 52.5. The van der Waals surface area contributed by atoms with E-state index in [-0.39, 0.29) is 29.4 Å². The number of thiophene rings is 1. The van der Waals surface area contributed by atoms with Crippen molar-refractivity contribution in [2.24, 2.45) is 5.73 Å². The van der Waals surface area contributed by atoms with Crippen molar-refractivity contribution in [1.82, 2.24) is 14.5 Å². The van der Waals surface area contributed by atoms with Gasteiger partial charge < -0.3 is 26.4 Å². The largest absolute Gasteiger partial charge is 0.496 e. The standard InChI is InChI=1S/C23H28N4O5S.C6H12O.H2O/c1-6-25-18(28)17-13(2)16-19(29)27(23(3,4)21(24)30)22(31)26(20(16)33-17)12-11-14-9-7-8-10-15(14)32-5;7-6-4-2-1-3-5-6;/h7-10H,6,11-12H2,1-5H3,(H2,24,30)(H,25,28);6-7H,1-5H2;1H2. The molecule has 0 aliphatic heterocycles. The molecule has 0 saturated heterocycles. The molecule has 0 spiro atoms. The number of ether oxygens (including phenoxy) is 1. The number of aliphatic hydroxyl groups excluding tert-OH is 1. The average Bonchev–Trinajstić information content (AvgIpc) is 3.26. The van der Waals surface area contributed by atoms with Gasteiger partial charge in [0.2, 0.25) is 5.91 Å². The highest BCUT2D eigenvalue weighted by atomic mass is 32.1. The summed E-state index contributed by atoms with van der Waals surface area (Å²) < 4.78 is 7.74. The fourth-order valence-electron chi connectivity index (χ4n) is 4.83. The second kappa shape index (κ2) is 14.4. The van der Waals surface area contributed by atoms with Crippen LogP contribution in [0.3, 0.4) is 0 Å². The van der Waals surface area contributed by atoms with Crippen LogP contribution >= 0.6 is 11.3 Å². The Balaban J connectivity index is 0.000000641. The minimum Gasteiger partial charge on any atom is -0.496 e. The smallest absolute Gasteiger partial charge is 0.333 e. The highest BCUT2D eigenvalue weighted by Gasteiger charge is 2.34. The number of methoxy groups -OCH3 is 1. The van der Waals surface area contributed by atoms with Gasteiger partial charge in [0.1, 0.15) is 16.1 Å². The maximum Gasteiger partial charge on any atom is 0.333 e. The van der Waals surface area contributed by atoms with Gasteiger partial charge in [0.05, 0.1) is 23.5 Å². The Hall–Kier alpha value is -3.48. The van der Waals surface area contributed by atoms with E-state index in [4.69, 9.17) is 15.6 Å². The quantitative estimate of drug-likeness (QED) is 0.362. The van der Waals surface area contributed by atoms with Crippen LogP contribution in [0, 0.1) is 6.92 Å². The van der Waals surface area contributed by atoms with Crippen LogP contribution in [0.5, 0.6) is 5.75 Å². The van der Waals surface area contributed by atoms with Crippen molar-refractivity contribution in [3.05, 3.63) is 61.1 Å². The Morgan fingerprint density at radius 3 is 2.34 bits per heavy atom. The third-order valence-corrected chi connectivity index (χ3v) is 8.60. The summed E-state index contributed by atoms with van der Waals surface area (Å²) in [5.74, 6) is -0.452. The monoisotopic (exact) mass is 590 g/mol. The fourth-order valence-corrected chi connectivity index (χ4v) is 6.06. The van der Waals surface area contributed by atoms with E-state index in [1.165, 1.54) is 37.7 Å². The van der Waals surface area contributed by atoms with Crippen LogP contribution in [0.2, 0.25) is 0 Å². The van der Waals surface area contributed by atoms with Crippen LogP contribution in [-0.4, -0.2) is 51.3 Å². The Bertz CT molecular complexity index is 1480. The highest BCUT2D eigenvalue weighted by Crippen LogP contribution is 2.29. The number of amides is 2. The molecule has 2 amide bonds. The van der Waals surface area contributed by atoms with Crippen LogP contribution in [0.1, 0.15) is 73.7 Å². The molecule has 41 heavy (non-hydrogen) atoms. The van der Waals surface area contributed by atoms with Gasteiger partial charge in [-0.3, -0.25) is 19.0 Å². The summed E-state index contributed by atoms with van der Waals surface area (Å²) >= 11 is 1.09. The molecule has 226 valence electrons. The lowest BCUT2D eigenvalue weighted by Crippen LogP contribution is -2.54. The zero-order chi connectivity index (χ0) is 29.6. The van der Waals surface area contributed by atoms with E-state index in [1.54, 1.807) is 21.0 Å². The van der Waals surface area contributed by atoms with Gasteiger partial charge in [-0.25, -0.2) is 9.36 Å². The van der Waals surface area contributed by atoms with Crippen LogP contribution in [-0.2, 0) is 23.3 Å². The van der Waals surface area contributed by atoms with Gasteiger partial charge in [0.25, 0.3) is 11.5 Å². The molecule has 4 rings (SSSR count). The summed E-state index contributed by atoms with van der Waals surface area (Å²) in [6.07, 6.45) is 6.36. The molecular weight excluding hydrogens is 548 g/mol. The van der Waals surface area contributed by atoms with Crippen LogP contribution in [0.15, 0.2) is 33.9 Å². The number of nitrogens with one attached hydrogen (secondary N) is 1. The molecule has 12 heteroatoms. The van der Waals surface area contributed by atoms with E-state index in [9.17, 15) is 19.2 Å². The summed E-state index contributed by atoms with van der Waals surface area (Å²) in [5.41, 5.74) is 4.03. The van der Waals surface area contributed by atoms with Gasteiger partial charge in [-0.1, -0.05) is 37.5 Å². The van der Waals surface area contributed by atoms with E-state index < -0.39 is 22.7 Å². The molecule has 0 unspecified atom stereocenters. The normalized spacial score (nSPS) is 13.6. The first-order valence-electron chi connectivity index (χ1n) is 13.6. The maximum atomic E-state index is 13.5. The number of aryl methyl sites for hydroxylation is 3. The predicted octanol–water partition coefficient (Wildman–Crippen LogP) is 2.24. The average molecular weight is 591 g/mol. The molecule has 1 fully saturated rings. The SMILES string of the molecule is CCNC(=O)c1sc2c(c1C)c(=O)n(C(C)(C)C(N)=O)c(=O)n2CCc1ccccc1OC.O.OC1CCCCC1. The number of fused-ring (bicyclic) bond motifs is 1. The fraction of sp³-hybridized carbons (Fsp3) is 0.517. The number of primary amides is 1. The van der Waals surface area contributed by atoms with E-state index in [1.807, 2.05) is 24.3 Å². The minimum atomic E-state index is -1.56. The summed E-state index contributed by atoms with van der Waals surface area (Å²) in [6, 6.07) is 7.44. The van der Waals surface area contributed by atoms with Crippen molar-refractivity contribution in [3.8, 4) is 5.75 Å². The summed E-state index contributed by atoms with van der Waals surface area (Å²) in [5, 5.41) is 11.9. The molecule has 1 aliphatic carbocycles. The molecule has 1 aliphatic rings. The van der Waals surface area contributed by atoms with Crippen LogP contribution in [0.4, 0.5) is 0 Å². The second-order valence-corrected chi connectivity index (χ2v) is 11.4. The maximum absolute atomic E-state index is 13.5. The zero-order valence-electron chi connectivity index (χ0n) is 24.4.